The minimum Gasteiger partial charge on any atom is -0.268 e. The van der Waals surface area contributed by atoms with E-state index in [0.29, 0.717) is 44.4 Å². The molecule has 7 aromatic rings. The van der Waals surface area contributed by atoms with Crippen molar-refractivity contribution in [1.29, 1.82) is 0 Å². The normalized spacial score (nSPS) is 14.4. The number of hydrogen-bond donors (Lipinski definition) is 0. The van der Waals surface area contributed by atoms with Crippen LogP contribution in [0.1, 0.15) is 92.1 Å². The largest absolute Gasteiger partial charge is 0.268 e. The van der Waals surface area contributed by atoms with Gasteiger partial charge in [0.25, 0.3) is 23.6 Å². The molecule has 6 heteroatoms. The van der Waals surface area contributed by atoms with Crippen molar-refractivity contribution in [2.24, 2.45) is 0 Å². The zero-order chi connectivity index (χ0) is 34.3. The van der Waals surface area contributed by atoms with Crippen LogP contribution in [0.3, 0.4) is 0 Å². The van der Waals surface area contributed by atoms with Crippen LogP contribution in [-0.4, -0.2) is 23.6 Å². The van der Waals surface area contributed by atoms with E-state index in [9.17, 15) is 19.2 Å². The molecule has 50 heavy (non-hydrogen) atoms. The Morgan fingerprint density at radius 1 is 0.380 bits per heavy atom. The van der Waals surface area contributed by atoms with Gasteiger partial charge in [0.05, 0.1) is 11.4 Å². The molecule has 0 N–H and O–H groups in total. The molecule has 0 aliphatic carbocycles. The van der Waals surface area contributed by atoms with Crippen molar-refractivity contribution in [2.75, 3.05) is 9.80 Å². The van der Waals surface area contributed by atoms with Gasteiger partial charge in [-0.2, -0.15) is 0 Å². The first kappa shape index (κ1) is 30.2. The molecule has 0 saturated heterocycles. The molecule has 244 valence electrons. The zero-order valence-electron chi connectivity index (χ0n) is 28.0. The van der Waals surface area contributed by atoms with Crippen LogP contribution in [-0.2, 0) is 12.8 Å². The van der Waals surface area contributed by atoms with E-state index < -0.39 is 0 Å². The highest BCUT2D eigenvalue weighted by Gasteiger charge is 2.38. The summed E-state index contributed by atoms with van der Waals surface area (Å²) in [6.07, 6.45) is 6.27. The molecule has 0 fully saturated rings. The van der Waals surface area contributed by atoms with E-state index in [4.69, 9.17) is 0 Å². The molecule has 4 amide bonds. The summed E-state index contributed by atoms with van der Waals surface area (Å²) in [6, 6.07) is 30.4. The van der Waals surface area contributed by atoms with E-state index in [2.05, 4.69) is 13.8 Å². The summed E-state index contributed by atoms with van der Waals surface area (Å²) in [7, 11) is 0. The Hall–Kier alpha value is -5.88. The fourth-order valence-corrected chi connectivity index (χ4v) is 8.12. The zero-order valence-corrected chi connectivity index (χ0v) is 28.0. The number of nitrogens with zero attached hydrogens (tertiary/aromatic N) is 2. The van der Waals surface area contributed by atoms with Gasteiger partial charge in [0.1, 0.15) is 0 Å². The number of carbonyl (C=O) groups excluding carboxylic acids is 4. The van der Waals surface area contributed by atoms with Crippen molar-refractivity contribution in [3.8, 4) is 0 Å². The Balaban J connectivity index is 1.18. The Bertz CT molecular complexity index is 2280. The monoisotopic (exact) mass is 654 g/mol. The van der Waals surface area contributed by atoms with Crippen molar-refractivity contribution in [3.63, 3.8) is 0 Å². The van der Waals surface area contributed by atoms with Crippen molar-refractivity contribution >= 4 is 78.1 Å². The van der Waals surface area contributed by atoms with Gasteiger partial charge in [-0.15, -0.1) is 0 Å². The predicted octanol–water partition coefficient (Wildman–Crippen LogP) is 10.0. The van der Waals surface area contributed by atoms with Crippen LogP contribution >= 0.6 is 0 Å². The van der Waals surface area contributed by atoms with E-state index >= 15 is 0 Å². The van der Waals surface area contributed by atoms with Crippen molar-refractivity contribution in [2.45, 2.75) is 52.4 Å². The first-order chi connectivity index (χ1) is 24.4. The molecular weight excluding hydrogens is 620 g/mol. The van der Waals surface area contributed by atoms with Crippen molar-refractivity contribution in [3.05, 3.63) is 130 Å². The Morgan fingerprint density at radius 2 is 0.680 bits per heavy atom. The summed E-state index contributed by atoms with van der Waals surface area (Å²) in [5.74, 6) is -1.40. The molecule has 6 nitrogen and oxygen atoms in total. The molecule has 0 atom stereocenters. The third-order valence-electron chi connectivity index (χ3n) is 10.7. The standard InChI is InChI=1S/C44H34N2O4/c1-3-5-7-25-9-13-27(14-10-25)45-41(47)33-21-17-29-31-19-23-35-40-36(44(50)46(43(35)49)28-15-11-26(12-16-28)8-6-4-2)24-20-32(38(31)40)30-18-22-34(42(45)48)39(33)37(29)30/h9-24H,3-8H2,1-2H3. The van der Waals surface area contributed by atoms with Crippen LogP contribution in [0.15, 0.2) is 97.1 Å². The second kappa shape index (κ2) is 11.3. The lowest BCUT2D eigenvalue weighted by molar-refractivity contribution is 0.0877. The first-order valence-electron chi connectivity index (χ1n) is 17.6. The number of fused-ring (bicyclic) bond motifs is 2. The second-order valence-corrected chi connectivity index (χ2v) is 13.6. The molecule has 2 aliphatic heterocycles. The molecule has 0 saturated carbocycles. The summed E-state index contributed by atoms with van der Waals surface area (Å²) in [6.45, 7) is 4.31. The Labute approximate surface area is 289 Å². The van der Waals surface area contributed by atoms with E-state index in [-0.39, 0.29) is 23.6 Å². The molecule has 0 radical (unpaired) electrons. The van der Waals surface area contributed by atoms with E-state index in [1.54, 1.807) is 0 Å². The topological polar surface area (TPSA) is 74.8 Å². The lowest BCUT2D eigenvalue weighted by Crippen LogP contribution is -2.40. The summed E-state index contributed by atoms with van der Waals surface area (Å²) in [4.78, 5) is 58.9. The summed E-state index contributed by atoms with van der Waals surface area (Å²) >= 11 is 0. The van der Waals surface area contributed by atoms with Crippen molar-refractivity contribution < 1.29 is 19.2 Å². The highest BCUT2D eigenvalue weighted by molar-refractivity contribution is 6.45. The number of amides is 4. The van der Waals surface area contributed by atoms with Gasteiger partial charge in [-0.25, -0.2) is 9.80 Å². The number of imide groups is 2. The van der Waals surface area contributed by atoms with E-state index in [0.717, 1.165) is 70.8 Å². The maximum atomic E-state index is 14.1. The van der Waals surface area contributed by atoms with Crippen LogP contribution in [0.4, 0.5) is 11.4 Å². The summed E-state index contributed by atoms with van der Waals surface area (Å²) in [5.41, 5.74) is 5.38. The average molecular weight is 655 g/mol. The van der Waals surface area contributed by atoms with Crippen LogP contribution < -0.4 is 9.80 Å². The number of carbonyl (C=O) groups is 4. The first-order valence-corrected chi connectivity index (χ1v) is 17.6. The van der Waals surface area contributed by atoms with E-state index in [1.807, 2.05) is 97.1 Å². The highest BCUT2D eigenvalue weighted by atomic mass is 16.2. The molecular formula is C44H34N2O4. The van der Waals surface area contributed by atoms with Crippen LogP contribution in [0.5, 0.6) is 0 Å². The molecule has 9 rings (SSSR count). The fraction of sp³-hybridized carbons (Fsp3) is 0.182. The molecule has 0 bridgehead atoms. The van der Waals surface area contributed by atoms with Gasteiger partial charge < -0.3 is 0 Å². The predicted molar refractivity (Wildman–Crippen MR) is 200 cm³/mol. The van der Waals surface area contributed by atoms with Gasteiger partial charge in [-0.1, -0.05) is 75.2 Å². The van der Waals surface area contributed by atoms with E-state index in [1.165, 1.54) is 20.9 Å². The molecule has 2 aliphatic rings. The Kier molecular flexibility index (Phi) is 6.85. The molecule has 2 heterocycles. The van der Waals surface area contributed by atoms with Gasteiger partial charge in [-0.05, 0) is 118 Å². The van der Waals surface area contributed by atoms with Gasteiger partial charge >= 0.3 is 0 Å². The number of rotatable bonds is 8. The third-order valence-corrected chi connectivity index (χ3v) is 10.7. The number of benzene rings is 7. The van der Waals surface area contributed by atoms with Crippen LogP contribution in [0.25, 0.3) is 43.1 Å². The quantitative estimate of drug-likeness (QED) is 0.0929. The maximum Gasteiger partial charge on any atom is 0.265 e. The van der Waals surface area contributed by atoms with Crippen LogP contribution in [0, 0.1) is 0 Å². The number of aryl methyl sites for hydroxylation is 2. The fourth-order valence-electron chi connectivity index (χ4n) is 8.12. The lowest BCUT2D eigenvalue weighted by atomic mass is 9.82. The van der Waals surface area contributed by atoms with Crippen molar-refractivity contribution in [1.82, 2.24) is 0 Å². The number of hydrogen-bond acceptors (Lipinski definition) is 4. The number of unbranched alkanes of at least 4 members (excludes halogenated alkanes) is 2. The number of anilines is 2. The van der Waals surface area contributed by atoms with Crippen LogP contribution in [0.2, 0.25) is 0 Å². The van der Waals surface area contributed by atoms with Gasteiger partial charge in [0.15, 0.2) is 0 Å². The lowest BCUT2D eigenvalue weighted by Gasteiger charge is -2.30. The van der Waals surface area contributed by atoms with Gasteiger partial charge in [-0.3, -0.25) is 19.2 Å². The molecule has 0 spiro atoms. The molecule has 0 aromatic heterocycles. The van der Waals surface area contributed by atoms with Gasteiger partial charge in [0, 0.05) is 33.0 Å². The Morgan fingerprint density at radius 3 is 0.960 bits per heavy atom. The summed E-state index contributed by atoms with van der Waals surface area (Å²) < 4.78 is 0. The second-order valence-electron chi connectivity index (χ2n) is 13.6. The van der Waals surface area contributed by atoms with Gasteiger partial charge in [0.2, 0.25) is 0 Å². The minimum atomic E-state index is -0.349. The smallest absolute Gasteiger partial charge is 0.265 e. The SMILES string of the molecule is CCCCc1ccc(N2C(=O)c3ccc4c5ccc6c7c(ccc(c8ccc(c3c48)C2=O)c75)C(=O)N(c2ccc(CCCC)cc2)C6=O)cc1. The minimum absolute atomic E-state index is 0.349. The summed E-state index contributed by atoms with van der Waals surface area (Å²) in [5, 5.41) is 6.45. The molecule has 0 unspecified atom stereocenters. The average Bonchev–Trinajstić information content (AvgIpc) is 3.14. The third kappa shape index (κ3) is 4.21. The molecule has 7 aromatic carbocycles. The highest BCUT2D eigenvalue weighted by Crippen LogP contribution is 2.47. The maximum absolute atomic E-state index is 14.1.